The second kappa shape index (κ2) is 2.14. The van der Waals surface area contributed by atoms with Crippen LogP contribution in [0.15, 0.2) is 0 Å². The fourth-order valence-electron chi connectivity index (χ4n) is 0.710. The van der Waals surface area contributed by atoms with E-state index in [9.17, 15) is 9.59 Å². The topological polar surface area (TPSA) is 69.4 Å². The van der Waals surface area contributed by atoms with Crippen LogP contribution in [0.25, 0.3) is 0 Å². The molecule has 2 unspecified atom stereocenters. The molecule has 0 spiro atoms. The molecule has 0 aromatic rings. The van der Waals surface area contributed by atoms with Gasteiger partial charge in [0.25, 0.3) is 0 Å². The van der Waals surface area contributed by atoms with Crippen molar-refractivity contribution >= 4 is 12.3 Å². The Morgan fingerprint density at radius 1 is 1.78 bits per heavy atom. The van der Waals surface area contributed by atoms with Gasteiger partial charge in [0, 0.05) is 0 Å². The molecule has 0 aromatic heterocycles. The molecule has 50 valence electrons. The maximum Gasteiger partial charge on any atom is 0.317 e. The molecule has 0 radical (unpaired) electrons. The first-order valence-corrected chi connectivity index (χ1v) is 2.63. The Labute approximate surface area is 52.0 Å². The van der Waals surface area contributed by atoms with Crippen LogP contribution in [0.1, 0.15) is 0 Å². The number of ether oxygens (including phenoxy) is 1. The number of nitrogens with two attached hydrogens (primary N) is 1. The van der Waals surface area contributed by atoms with Crippen LogP contribution in [0.4, 0.5) is 0 Å². The van der Waals surface area contributed by atoms with Gasteiger partial charge < -0.3 is 15.3 Å². The van der Waals surface area contributed by atoms with E-state index < -0.39 is 17.9 Å². The largest absolute Gasteiger partial charge is 0.463 e. The quantitative estimate of drug-likeness (QED) is 0.271. The van der Waals surface area contributed by atoms with E-state index in [2.05, 4.69) is 4.74 Å². The first-order chi connectivity index (χ1) is 4.25. The zero-order valence-corrected chi connectivity index (χ0v) is 4.74. The smallest absolute Gasteiger partial charge is 0.317 e. The van der Waals surface area contributed by atoms with Crippen molar-refractivity contribution in [3.05, 3.63) is 0 Å². The van der Waals surface area contributed by atoms with E-state index in [1.165, 1.54) is 0 Å². The van der Waals surface area contributed by atoms with Gasteiger partial charge in [-0.05, 0) is 0 Å². The summed E-state index contributed by atoms with van der Waals surface area (Å²) in [5, 5.41) is 0. The van der Waals surface area contributed by atoms with E-state index in [0.717, 1.165) is 0 Å². The summed E-state index contributed by atoms with van der Waals surface area (Å²) in [7, 11) is 0. The van der Waals surface area contributed by atoms with Gasteiger partial charge in [-0.25, -0.2) is 0 Å². The van der Waals surface area contributed by atoms with Gasteiger partial charge in [0.15, 0.2) is 0 Å². The number of carbonyl (C=O) groups is 2. The number of esters is 1. The third kappa shape index (κ3) is 0.929. The average Bonchev–Trinajstić information content (AvgIpc) is 2.12. The maximum atomic E-state index is 10.5. The van der Waals surface area contributed by atoms with Crippen LogP contribution in [-0.4, -0.2) is 24.9 Å². The molecule has 1 fully saturated rings. The summed E-state index contributed by atoms with van der Waals surface area (Å²) in [5.74, 6) is -1.23. The summed E-state index contributed by atoms with van der Waals surface area (Å²) in [5.41, 5.74) is 5.30. The van der Waals surface area contributed by atoms with Crippen LogP contribution < -0.4 is 5.73 Å². The number of carbonyl (C=O) groups excluding carboxylic acids is 2. The molecule has 1 aliphatic rings. The zero-order valence-electron chi connectivity index (χ0n) is 4.74. The van der Waals surface area contributed by atoms with Gasteiger partial charge in [-0.3, -0.25) is 4.79 Å². The molecule has 0 bridgehead atoms. The predicted octanol–water partition coefficient (Wildman–Crippen LogP) is -1.31. The van der Waals surface area contributed by atoms with E-state index >= 15 is 0 Å². The lowest BCUT2D eigenvalue weighted by atomic mass is 10.1. The van der Waals surface area contributed by atoms with Crippen LogP contribution in [0.2, 0.25) is 0 Å². The van der Waals surface area contributed by atoms with E-state index in [-0.39, 0.29) is 6.61 Å². The SMILES string of the molecule is NC1COC(=O)C1C=O. The van der Waals surface area contributed by atoms with Crippen molar-refractivity contribution in [1.82, 2.24) is 0 Å². The minimum absolute atomic E-state index is 0.169. The molecular weight excluding hydrogens is 122 g/mol. The minimum Gasteiger partial charge on any atom is -0.463 e. The second-order valence-electron chi connectivity index (χ2n) is 1.96. The van der Waals surface area contributed by atoms with Gasteiger partial charge in [-0.2, -0.15) is 0 Å². The number of cyclic esters (lactones) is 1. The van der Waals surface area contributed by atoms with Crippen LogP contribution in [0, 0.1) is 5.92 Å². The lowest BCUT2D eigenvalue weighted by Gasteiger charge is -1.97. The Balaban J connectivity index is 2.65. The molecule has 0 aromatic carbocycles. The van der Waals surface area contributed by atoms with Gasteiger partial charge in [0.05, 0.1) is 6.04 Å². The fraction of sp³-hybridized carbons (Fsp3) is 0.600. The molecule has 2 N–H and O–H groups in total. The second-order valence-corrected chi connectivity index (χ2v) is 1.96. The lowest BCUT2D eigenvalue weighted by molar-refractivity contribution is -0.142. The molecule has 4 nitrogen and oxygen atoms in total. The van der Waals surface area contributed by atoms with E-state index in [4.69, 9.17) is 5.73 Å². The van der Waals surface area contributed by atoms with E-state index in [0.29, 0.717) is 6.29 Å². The van der Waals surface area contributed by atoms with Gasteiger partial charge in [-0.1, -0.05) is 0 Å². The number of aldehydes is 1. The number of hydrogen-bond donors (Lipinski definition) is 1. The van der Waals surface area contributed by atoms with Crippen LogP contribution in [0.3, 0.4) is 0 Å². The van der Waals surface area contributed by atoms with Crippen molar-refractivity contribution in [3.63, 3.8) is 0 Å². The molecule has 1 rings (SSSR count). The highest BCUT2D eigenvalue weighted by atomic mass is 16.5. The highest BCUT2D eigenvalue weighted by Crippen LogP contribution is 2.09. The summed E-state index contributed by atoms with van der Waals surface area (Å²) in [6.07, 6.45) is 0.528. The summed E-state index contributed by atoms with van der Waals surface area (Å²) in [6, 6.07) is -0.435. The predicted molar refractivity (Wildman–Crippen MR) is 28.5 cm³/mol. The van der Waals surface area contributed by atoms with Crippen molar-refractivity contribution in [2.24, 2.45) is 11.7 Å². The zero-order chi connectivity index (χ0) is 6.85. The van der Waals surface area contributed by atoms with Crippen molar-refractivity contribution in [2.45, 2.75) is 6.04 Å². The molecule has 4 heteroatoms. The monoisotopic (exact) mass is 129 g/mol. The summed E-state index contributed by atoms with van der Waals surface area (Å²) >= 11 is 0. The Bertz CT molecular complexity index is 145. The van der Waals surface area contributed by atoms with Crippen molar-refractivity contribution in [1.29, 1.82) is 0 Å². The Hall–Kier alpha value is -0.900. The van der Waals surface area contributed by atoms with Crippen LogP contribution >= 0.6 is 0 Å². The highest BCUT2D eigenvalue weighted by molar-refractivity contribution is 5.90. The molecule has 9 heavy (non-hydrogen) atoms. The van der Waals surface area contributed by atoms with E-state index in [1.807, 2.05) is 0 Å². The van der Waals surface area contributed by atoms with Crippen molar-refractivity contribution in [3.8, 4) is 0 Å². The van der Waals surface area contributed by atoms with Gasteiger partial charge >= 0.3 is 5.97 Å². The lowest BCUT2D eigenvalue weighted by Crippen LogP contribution is -2.30. The van der Waals surface area contributed by atoms with Crippen LogP contribution in [-0.2, 0) is 14.3 Å². The molecule has 1 aliphatic heterocycles. The first-order valence-electron chi connectivity index (χ1n) is 2.63. The number of hydrogen-bond acceptors (Lipinski definition) is 4. The maximum absolute atomic E-state index is 10.5. The van der Waals surface area contributed by atoms with Crippen LogP contribution in [0.5, 0.6) is 0 Å². The highest BCUT2D eigenvalue weighted by Gasteiger charge is 2.33. The molecule has 2 atom stereocenters. The van der Waals surface area contributed by atoms with Gasteiger partial charge in [0.2, 0.25) is 0 Å². The molecular formula is C5H7NO3. The van der Waals surface area contributed by atoms with Crippen molar-refractivity contribution in [2.75, 3.05) is 6.61 Å². The summed E-state index contributed by atoms with van der Waals surface area (Å²) in [6.45, 7) is 0.169. The molecule has 0 saturated carbocycles. The first kappa shape index (κ1) is 6.22. The Morgan fingerprint density at radius 3 is 2.67 bits per heavy atom. The average molecular weight is 129 g/mol. The Kier molecular flexibility index (Phi) is 1.48. The molecule has 1 saturated heterocycles. The molecule has 1 heterocycles. The third-order valence-corrected chi connectivity index (χ3v) is 1.30. The standard InChI is InChI=1S/C5H7NO3/c6-4-2-9-5(8)3(4)1-7/h1,3-4H,2,6H2. The van der Waals surface area contributed by atoms with Crippen molar-refractivity contribution < 1.29 is 14.3 Å². The minimum atomic E-state index is -0.731. The summed E-state index contributed by atoms with van der Waals surface area (Å²) in [4.78, 5) is 20.5. The Morgan fingerprint density at radius 2 is 2.44 bits per heavy atom. The van der Waals surface area contributed by atoms with Gasteiger partial charge in [-0.15, -0.1) is 0 Å². The molecule has 0 aliphatic carbocycles. The number of rotatable bonds is 1. The third-order valence-electron chi connectivity index (χ3n) is 1.30. The van der Waals surface area contributed by atoms with Gasteiger partial charge in [0.1, 0.15) is 18.8 Å². The summed E-state index contributed by atoms with van der Waals surface area (Å²) < 4.78 is 4.47. The van der Waals surface area contributed by atoms with E-state index in [1.54, 1.807) is 0 Å². The molecule has 0 amide bonds. The normalized spacial score (nSPS) is 34.1. The fourth-order valence-corrected chi connectivity index (χ4v) is 0.710.